The number of amides is 1. The van der Waals surface area contributed by atoms with Gasteiger partial charge in [0.2, 0.25) is 11.7 Å². The maximum atomic E-state index is 12.7. The normalized spacial score (nSPS) is 21.0. The standard InChI is InChI=1S/C20H31N3O4/c1-25-17-12-15(13-18(26-2)19(17)27-3)14-22-8-10-23(11-9-22)20(24)16-6-4-5-7-21-16/h12-13,16,21H,4-11,14H2,1-3H3/t16-/m1/s1. The van der Waals surface area contributed by atoms with Crippen LogP contribution in [0.25, 0.3) is 0 Å². The first-order valence-electron chi connectivity index (χ1n) is 9.69. The van der Waals surface area contributed by atoms with Gasteiger partial charge in [-0.15, -0.1) is 0 Å². The van der Waals surface area contributed by atoms with Crippen molar-refractivity contribution in [2.45, 2.75) is 31.8 Å². The highest BCUT2D eigenvalue weighted by atomic mass is 16.5. The minimum Gasteiger partial charge on any atom is -0.493 e. The van der Waals surface area contributed by atoms with Gasteiger partial charge in [-0.1, -0.05) is 6.42 Å². The second-order valence-electron chi connectivity index (χ2n) is 7.14. The molecule has 1 aromatic carbocycles. The Balaban J connectivity index is 1.58. The van der Waals surface area contributed by atoms with E-state index in [4.69, 9.17) is 14.2 Å². The van der Waals surface area contributed by atoms with Crippen molar-refractivity contribution in [2.75, 3.05) is 54.1 Å². The Bertz CT molecular complexity index is 613. The van der Waals surface area contributed by atoms with Gasteiger partial charge < -0.3 is 24.4 Å². The largest absolute Gasteiger partial charge is 0.493 e. The lowest BCUT2D eigenvalue weighted by molar-refractivity contribution is -0.135. The van der Waals surface area contributed by atoms with Gasteiger partial charge in [0, 0.05) is 32.7 Å². The van der Waals surface area contributed by atoms with Crippen LogP contribution in [-0.4, -0.2) is 75.8 Å². The zero-order valence-electron chi connectivity index (χ0n) is 16.6. The molecule has 0 unspecified atom stereocenters. The summed E-state index contributed by atoms with van der Waals surface area (Å²) in [6.45, 7) is 5.05. The Kier molecular flexibility index (Phi) is 6.79. The van der Waals surface area contributed by atoms with Gasteiger partial charge in [-0.25, -0.2) is 0 Å². The fourth-order valence-electron chi connectivity index (χ4n) is 3.89. The molecule has 0 bridgehead atoms. The molecule has 2 aliphatic heterocycles. The van der Waals surface area contributed by atoms with Crippen LogP contribution < -0.4 is 19.5 Å². The summed E-state index contributed by atoms with van der Waals surface area (Å²) in [6, 6.07) is 4.00. The number of ether oxygens (including phenoxy) is 3. The number of hydrogen-bond acceptors (Lipinski definition) is 6. The number of benzene rings is 1. The number of carbonyl (C=O) groups is 1. The topological polar surface area (TPSA) is 63.3 Å². The van der Waals surface area contributed by atoms with Crippen LogP contribution in [0.2, 0.25) is 0 Å². The third kappa shape index (κ3) is 4.65. The highest BCUT2D eigenvalue weighted by molar-refractivity contribution is 5.82. The quantitative estimate of drug-likeness (QED) is 0.811. The highest BCUT2D eigenvalue weighted by Crippen LogP contribution is 2.38. The second-order valence-corrected chi connectivity index (χ2v) is 7.14. The SMILES string of the molecule is COc1cc(CN2CCN(C(=O)[C@H]3CCCCN3)CC2)cc(OC)c1OC. The second kappa shape index (κ2) is 9.28. The summed E-state index contributed by atoms with van der Waals surface area (Å²) in [4.78, 5) is 17.0. The highest BCUT2D eigenvalue weighted by Gasteiger charge is 2.28. The van der Waals surface area contributed by atoms with Crippen LogP contribution in [0.4, 0.5) is 0 Å². The monoisotopic (exact) mass is 377 g/mol. The summed E-state index contributed by atoms with van der Waals surface area (Å²) in [5.74, 6) is 2.22. The molecule has 0 aromatic heterocycles. The van der Waals surface area contributed by atoms with Crippen LogP contribution in [0.1, 0.15) is 24.8 Å². The average Bonchev–Trinajstić information content (AvgIpc) is 2.73. The van der Waals surface area contributed by atoms with Gasteiger partial charge in [-0.2, -0.15) is 0 Å². The third-order valence-corrected chi connectivity index (χ3v) is 5.42. The van der Waals surface area contributed by atoms with E-state index in [2.05, 4.69) is 10.2 Å². The van der Waals surface area contributed by atoms with Crippen molar-refractivity contribution in [3.63, 3.8) is 0 Å². The predicted molar refractivity (Wildman–Crippen MR) is 104 cm³/mol. The number of piperazine rings is 1. The van der Waals surface area contributed by atoms with E-state index in [1.54, 1.807) is 21.3 Å². The molecule has 150 valence electrons. The summed E-state index contributed by atoms with van der Waals surface area (Å²) < 4.78 is 16.3. The zero-order valence-corrected chi connectivity index (χ0v) is 16.6. The average molecular weight is 377 g/mol. The number of nitrogens with zero attached hydrogens (tertiary/aromatic N) is 2. The van der Waals surface area contributed by atoms with E-state index in [-0.39, 0.29) is 11.9 Å². The van der Waals surface area contributed by atoms with Gasteiger partial charge in [-0.05, 0) is 37.1 Å². The molecule has 1 atom stereocenters. The predicted octanol–water partition coefficient (Wildman–Crippen LogP) is 1.50. The summed E-state index contributed by atoms with van der Waals surface area (Å²) in [5.41, 5.74) is 1.11. The molecule has 7 heteroatoms. The molecule has 1 amide bonds. The molecule has 0 saturated carbocycles. The van der Waals surface area contributed by atoms with Crippen LogP contribution in [0.3, 0.4) is 0 Å². The Morgan fingerprint density at radius 3 is 2.22 bits per heavy atom. The van der Waals surface area contributed by atoms with Crippen molar-refractivity contribution in [2.24, 2.45) is 0 Å². The zero-order chi connectivity index (χ0) is 19.2. The molecule has 2 aliphatic rings. The van der Waals surface area contributed by atoms with E-state index < -0.39 is 0 Å². The van der Waals surface area contributed by atoms with Gasteiger partial charge in [0.1, 0.15) is 0 Å². The lowest BCUT2D eigenvalue weighted by Gasteiger charge is -2.37. The number of hydrogen-bond donors (Lipinski definition) is 1. The van der Waals surface area contributed by atoms with Gasteiger partial charge in [0.05, 0.1) is 27.4 Å². The molecule has 0 radical (unpaired) electrons. The maximum Gasteiger partial charge on any atom is 0.239 e. The summed E-state index contributed by atoms with van der Waals surface area (Å²) >= 11 is 0. The first kappa shape index (κ1) is 19.8. The molecule has 3 rings (SSSR count). The molecule has 7 nitrogen and oxygen atoms in total. The minimum atomic E-state index is 0.0143. The molecule has 0 spiro atoms. The third-order valence-electron chi connectivity index (χ3n) is 5.42. The van der Waals surface area contributed by atoms with Gasteiger partial charge >= 0.3 is 0 Å². The molecule has 27 heavy (non-hydrogen) atoms. The van der Waals surface area contributed by atoms with Crippen LogP contribution in [0.5, 0.6) is 17.2 Å². The van der Waals surface area contributed by atoms with E-state index >= 15 is 0 Å². The molecule has 1 aromatic rings. The Hall–Kier alpha value is -1.99. The molecule has 1 N–H and O–H groups in total. The summed E-state index contributed by atoms with van der Waals surface area (Å²) in [6.07, 6.45) is 3.28. The van der Waals surface area contributed by atoms with Crippen LogP contribution >= 0.6 is 0 Å². The van der Waals surface area contributed by atoms with Crippen molar-refractivity contribution in [3.05, 3.63) is 17.7 Å². The van der Waals surface area contributed by atoms with Crippen molar-refractivity contribution in [1.82, 2.24) is 15.1 Å². The van der Waals surface area contributed by atoms with Gasteiger partial charge in [0.15, 0.2) is 11.5 Å². The Morgan fingerprint density at radius 1 is 1.04 bits per heavy atom. The Morgan fingerprint density at radius 2 is 1.70 bits per heavy atom. The van der Waals surface area contributed by atoms with Gasteiger partial charge in [-0.3, -0.25) is 9.69 Å². The number of rotatable bonds is 6. The van der Waals surface area contributed by atoms with E-state index in [1.807, 2.05) is 17.0 Å². The molecular formula is C20H31N3O4. The number of nitrogens with one attached hydrogen (secondary N) is 1. The molecule has 2 heterocycles. The molecular weight excluding hydrogens is 346 g/mol. The van der Waals surface area contributed by atoms with E-state index in [0.29, 0.717) is 17.2 Å². The van der Waals surface area contributed by atoms with E-state index in [1.165, 1.54) is 6.42 Å². The first-order chi connectivity index (χ1) is 13.2. The van der Waals surface area contributed by atoms with Crippen molar-refractivity contribution in [3.8, 4) is 17.2 Å². The molecule has 2 saturated heterocycles. The summed E-state index contributed by atoms with van der Waals surface area (Å²) in [7, 11) is 4.87. The lowest BCUT2D eigenvalue weighted by atomic mass is 10.0. The lowest BCUT2D eigenvalue weighted by Crippen LogP contribution is -2.54. The van der Waals surface area contributed by atoms with Crippen molar-refractivity contribution < 1.29 is 19.0 Å². The van der Waals surface area contributed by atoms with Crippen molar-refractivity contribution in [1.29, 1.82) is 0 Å². The van der Waals surface area contributed by atoms with E-state index in [9.17, 15) is 4.79 Å². The van der Waals surface area contributed by atoms with Crippen molar-refractivity contribution >= 4 is 5.91 Å². The van der Waals surface area contributed by atoms with Crippen LogP contribution in [0.15, 0.2) is 12.1 Å². The number of methoxy groups -OCH3 is 3. The molecule has 2 fully saturated rings. The first-order valence-corrected chi connectivity index (χ1v) is 9.69. The number of carbonyl (C=O) groups excluding carboxylic acids is 1. The smallest absolute Gasteiger partial charge is 0.239 e. The fraction of sp³-hybridized carbons (Fsp3) is 0.650. The maximum absolute atomic E-state index is 12.7. The van der Waals surface area contributed by atoms with Gasteiger partial charge in [0.25, 0.3) is 0 Å². The van der Waals surface area contributed by atoms with Crippen LogP contribution in [0, 0.1) is 0 Å². The molecule has 0 aliphatic carbocycles. The number of piperidine rings is 1. The Labute approximate surface area is 161 Å². The fourth-order valence-corrected chi connectivity index (χ4v) is 3.89. The summed E-state index contributed by atoms with van der Waals surface area (Å²) in [5, 5.41) is 3.36. The van der Waals surface area contributed by atoms with E-state index in [0.717, 1.165) is 57.7 Å². The minimum absolute atomic E-state index is 0.0143. The van der Waals surface area contributed by atoms with Crippen LogP contribution in [-0.2, 0) is 11.3 Å².